The molecular weight excluding hydrogens is 423 g/mol. The number of hydrogen-bond acceptors (Lipinski definition) is 2. The zero-order valence-electron chi connectivity index (χ0n) is 19.4. The van der Waals surface area contributed by atoms with Gasteiger partial charge < -0.3 is 4.74 Å². The number of ether oxygens (including phenoxy) is 1. The monoisotopic (exact) mass is 460 g/mol. The number of carbonyl (C=O) groups excluding carboxylic acids is 1. The molecule has 4 unspecified atom stereocenters. The molecule has 3 saturated carbocycles. The molecule has 0 aliphatic heterocycles. The summed E-state index contributed by atoms with van der Waals surface area (Å²) in [5.74, 6) is 3.22. The first kappa shape index (κ1) is 23.8. The van der Waals surface area contributed by atoms with Crippen LogP contribution in [0.15, 0.2) is 30.4 Å². The molecule has 176 valence electrons. The summed E-state index contributed by atoms with van der Waals surface area (Å²) in [5, 5.41) is 0.0488. The third-order valence-corrected chi connectivity index (χ3v) is 8.94. The first-order valence-electron chi connectivity index (χ1n) is 12.8. The SMILES string of the molecule is C/C=C/CCC1CCC(C2CCC3C(CCCC3C(=O)Oc3ccc(Cl)c(F)c3)C2)CC1. The summed E-state index contributed by atoms with van der Waals surface area (Å²) in [4.78, 5) is 13.0. The summed E-state index contributed by atoms with van der Waals surface area (Å²) in [6.07, 6.45) is 19.6. The third kappa shape index (κ3) is 5.76. The summed E-state index contributed by atoms with van der Waals surface area (Å²) < 4.78 is 19.3. The van der Waals surface area contributed by atoms with Crippen molar-refractivity contribution in [3.05, 3.63) is 41.2 Å². The maximum atomic E-state index is 13.7. The number of hydrogen-bond donors (Lipinski definition) is 0. The van der Waals surface area contributed by atoms with Gasteiger partial charge in [0.2, 0.25) is 0 Å². The zero-order chi connectivity index (χ0) is 22.5. The van der Waals surface area contributed by atoms with Gasteiger partial charge in [-0.25, -0.2) is 4.39 Å². The van der Waals surface area contributed by atoms with Gasteiger partial charge in [0, 0.05) is 6.07 Å². The minimum atomic E-state index is -0.546. The standard InChI is InChI=1S/C28H38ClFO2/c1-2-3-4-6-19-9-11-20(12-10-19)21-13-15-24-22(17-21)7-5-8-25(24)28(31)32-23-14-16-26(29)27(30)18-23/h2-3,14,16,18-22,24-25H,4-13,15,17H2,1H3/b3-2+. The van der Waals surface area contributed by atoms with Crippen molar-refractivity contribution in [1.82, 2.24) is 0 Å². The Hall–Kier alpha value is -1.35. The Morgan fingerprint density at radius 2 is 1.84 bits per heavy atom. The maximum Gasteiger partial charge on any atom is 0.314 e. The van der Waals surface area contributed by atoms with Gasteiger partial charge in [-0.05, 0) is 100 Å². The highest BCUT2D eigenvalue weighted by molar-refractivity contribution is 6.30. The van der Waals surface area contributed by atoms with E-state index in [1.54, 1.807) is 6.07 Å². The Kier molecular flexibility index (Phi) is 8.32. The van der Waals surface area contributed by atoms with Crippen molar-refractivity contribution in [3.8, 4) is 5.75 Å². The molecule has 0 radical (unpaired) electrons. The number of allylic oxidation sites excluding steroid dienone is 2. The summed E-state index contributed by atoms with van der Waals surface area (Å²) in [5.41, 5.74) is 0. The molecule has 1 aromatic rings. The summed E-state index contributed by atoms with van der Waals surface area (Å²) in [6.45, 7) is 2.11. The number of halogens is 2. The number of rotatable bonds is 6. The molecule has 3 fully saturated rings. The van der Waals surface area contributed by atoms with Crippen LogP contribution in [0.5, 0.6) is 5.75 Å². The highest BCUT2D eigenvalue weighted by atomic mass is 35.5. The minimum Gasteiger partial charge on any atom is -0.426 e. The van der Waals surface area contributed by atoms with E-state index in [2.05, 4.69) is 19.1 Å². The highest BCUT2D eigenvalue weighted by Gasteiger charge is 2.43. The molecule has 3 aliphatic carbocycles. The number of carbonyl (C=O) groups is 1. The molecule has 0 N–H and O–H groups in total. The smallest absolute Gasteiger partial charge is 0.314 e. The average Bonchev–Trinajstić information content (AvgIpc) is 2.81. The molecule has 2 nitrogen and oxygen atoms in total. The lowest BCUT2D eigenvalue weighted by Gasteiger charge is -2.46. The Balaban J connectivity index is 1.29. The van der Waals surface area contributed by atoms with Crippen molar-refractivity contribution in [1.29, 1.82) is 0 Å². The molecular formula is C28H38ClFO2. The molecule has 0 bridgehead atoms. The van der Waals surface area contributed by atoms with Gasteiger partial charge >= 0.3 is 5.97 Å². The van der Waals surface area contributed by atoms with E-state index in [1.165, 1.54) is 69.9 Å². The van der Waals surface area contributed by atoms with Gasteiger partial charge in [-0.2, -0.15) is 0 Å². The fraction of sp³-hybridized carbons (Fsp3) is 0.679. The molecule has 3 aliphatic rings. The Morgan fingerprint density at radius 3 is 2.59 bits per heavy atom. The fourth-order valence-electron chi connectivity index (χ4n) is 6.90. The van der Waals surface area contributed by atoms with Crippen LogP contribution in [0.2, 0.25) is 5.02 Å². The van der Waals surface area contributed by atoms with Gasteiger partial charge in [-0.3, -0.25) is 4.79 Å². The van der Waals surface area contributed by atoms with Crippen LogP contribution in [0.1, 0.15) is 84.0 Å². The molecule has 4 atom stereocenters. The molecule has 0 amide bonds. The molecule has 0 aromatic heterocycles. The van der Waals surface area contributed by atoms with Crippen molar-refractivity contribution in [2.45, 2.75) is 84.0 Å². The van der Waals surface area contributed by atoms with Gasteiger partial charge in [0.15, 0.2) is 0 Å². The second kappa shape index (κ2) is 11.2. The van der Waals surface area contributed by atoms with Crippen LogP contribution in [0.4, 0.5) is 4.39 Å². The van der Waals surface area contributed by atoms with E-state index in [9.17, 15) is 9.18 Å². The van der Waals surface area contributed by atoms with Crippen molar-refractivity contribution >= 4 is 17.6 Å². The lowest BCUT2D eigenvalue weighted by molar-refractivity contribution is -0.144. The van der Waals surface area contributed by atoms with Gasteiger partial charge in [-0.1, -0.05) is 49.4 Å². The Labute approximate surface area is 197 Å². The van der Waals surface area contributed by atoms with E-state index in [-0.39, 0.29) is 22.7 Å². The first-order valence-corrected chi connectivity index (χ1v) is 13.2. The number of esters is 1. The van der Waals surface area contributed by atoms with Gasteiger partial charge in [0.1, 0.15) is 11.6 Å². The van der Waals surface area contributed by atoms with E-state index in [0.29, 0.717) is 11.8 Å². The molecule has 32 heavy (non-hydrogen) atoms. The van der Waals surface area contributed by atoms with Gasteiger partial charge in [0.25, 0.3) is 0 Å². The Morgan fingerprint density at radius 1 is 1.06 bits per heavy atom. The van der Waals surface area contributed by atoms with Crippen LogP contribution in [-0.4, -0.2) is 5.97 Å². The molecule has 4 heteroatoms. The average molecular weight is 461 g/mol. The van der Waals surface area contributed by atoms with E-state index in [4.69, 9.17) is 16.3 Å². The molecule has 0 spiro atoms. The topological polar surface area (TPSA) is 26.3 Å². The van der Waals surface area contributed by atoms with Gasteiger partial charge in [0.05, 0.1) is 10.9 Å². The Bertz CT molecular complexity index is 799. The second-order valence-corrected chi connectivity index (χ2v) is 10.9. The van der Waals surface area contributed by atoms with Crippen LogP contribution in [0, 0.1) is 41.3 Å². The summed E-state index contributed by atoms with van der Waals surface area (Å²) in [7, 11) is 0. The van der Waals surface area contributed by atoms with Crippen LogP contribution in [-0.2, 0) is 4.79 Å². The predicted octanol–water partition coefficient (Wildman–Crippen LogP) is 8.38. The number of fused-ring (bicyclic) bond motifs is 1. The van der Waals surface area contributed by atoms with Crippen LogP contribution in [0.25, 0.3) is 0 Å². The molecule has 1 aromatic carbocycles. The normalized spacial score (nSPS) is 33.1. The van der Waals surface area contributed by atoms with E-state index in [0.717, 1.165) is 37.0 Å². The minimum absolute atomic E-state index is 0.0456. The van der Waals surface area contributed by atoms with E-state index < -0.39 is 5.82 Å². The number of benzene rings is 1. The van der Waals surface area contributed by atoms with Crippen molar-refractivity contribution < 1.29 is 13.9 Å². The second-order valence-electron chi connectivity index (χ2n) is 10.5. The predicted molar refractivity (Wildman–Crippen MR) is 128 cm³/mol. The van der Waals surface area contributed by atoms with Gasteiger partial charge in [-0.15, -0.1) is 0 Å². The van der Waals surface area contributed by atoms with Crippen molar-refractivity contribution in [3.63, 3.8) is 0 Å². The lowest BCUT2D eigenvalue weighted by atomic mass is 9.59. The lowest BCUT2D eigenvalue weighted by Crippen LogP contribution is -2.40. The largest absolute Gasteiger partial charge is 0.426 e. The highest BCUT2D eigenvalue weighted by Crippen LogP contribution is 2.50. The van der Waals surface area contributed by atoms with Crippen LogP contribution < -0.4 is 4.74 Å². The fourth-order valence-corrected chi connectivity index (χ4v) is 7.02. The van der Waals surface area contributed by atoms with Crippen LogP contribution >= 0.6 is 11.6 Å². The summed E-state index contributed by atoms with van der Waals surface area (Å²) in [6, 6.07) is 4.24. The van der Waals surface area contributed by atoms with E-state index in [1.807, 2.05) is 0 Å². The third-order valence-electron chi connectivity index (χ3n) is 8.64. The van der Waals surface area contributed by atoms with Crippen molar-refractivity contribution in [2.24, 2.45) is 35.5 Å². The quantitative estimate of drug-likeness (QED) is 0.242. The zero-order valence-corrected chi connectivity index (χ0v) is 20.2. The van der Waals surface area contributed by atoms with E-state index >= 15 is 0 Å². The summed E-state index contributed by atoms with van der Waals surface area (Å²) >= 11 is 5.75. The maximum absolute atomic E-state index is 13.7. The first-order chi connectivity index (χ1) is 15.5. The van der Waals surface area contributed by atoms with Crippen LogP contribution in [0.3, 0.4) is 0 Å². The molecule has 0 saturated heterocycles. The molecule has 4 rings (SSSR count). The van der Waals surface area contributed by atoms with Crippen molar-refractivity contribution in [2.75, 3.05) is 0 Å². The molecule has 0 heterocycles.